The van der Waals surface area contributed by atoms with Gasteiger partial charge in [0.2, 0.25) is 5.75 Å². The fraction of sp³-hybridized carbons (Fsp3) is 0.471. The third-order valence-electron chi connectivity index (χ3n) is 3.18. The Balaban J connectivity index is 2.71. The highest BCUT2D eigenvalue weighted by atomic mass is 16.5. The van der Waals surface area contributed by atoms with Crippen LogP contribution in [0.1, 0.15) is 24.2 Å². The monoisotopic (exact) mass is 368 g/mol. The molecule has 0 atom stereocenters. The summed E-state index contributed by atoms with van der Waals surface area (Å²) in [6.45, 7) is 3.63. The van der Waals surface area contributed by atoms with E-state index in [1.54, 1.807) is 0 Å². The van der Waals surface area contributed by atoms with Crippen LogP contribution in [-0.2, 0) is 9.53 Å². The van der Waals surface area contributed by atoms with E-state index in [1.165, 1.54) is 33.5 Å². The Morgan fingerprint density at radius 2 is 1.65 bits per heavy atom. The van der Waals surface area contributed by atoms with Crippen LogP contribution in [0.25, 0.3) is 0 Å². The molecule has 3 amide bonds. The van der Waals surface area contributed by atoms with Crippen LogP contribution < -0.4 is 24.8 Å². The number of hydrogen-bond acceptors (Lipinski definition) is 7. The van der Waals surface area contributed by atoms with E-state index >= 15 is 0 Å². The number of carbonyl (C=O) groups excluding carboxylic acids is 3. The van der Waals surface area contributed by atoms with Gasteiger partial charge in [0.05, 0.1) is 21.3 Å². The summed E-state index contributed by atoms with van der Waals surface area (Å²) in [5.74, 6) is -0.597. The van der Waals surface area contributed by atoms with E-state index in [2.05, 4.69) is 10.6 Å². The third kappa shape index (κ3) is 5.83. The van der Waals surface area contributed by atoms with Crippen molar-refractivity contribution in [3.8, 4) is 17.2 Å². The molecule has 0 saturated carbocycles. The Hall–Kier alpha value is -2.97. The molecular weight excluding hydrogens is 344 g/mol. The van der Waals surface area contributed by atoms with Crippen molar-refractivity contribution in [3.05, 3.63) is 17.7 Å². The van der Waals surface area contributed by atoms with E-state index in [0.29, 0.717) is 12.3 Å². The van der Waals surface area contributed by atoms with Crippen LogP contribution in [0.3, 0.4) is 0 Å². The number of benzene rings is 1. The summed E-state index contributed by atoms with van der Waals surface area (Å²) in [6, 6.07) is 2.29. The minimum atomic E-state index is -0.805. The second-order valence-corrected chi connectivity index (χ2v) is 5.61. The Bertz CT molecular complexity index is 659. The van der Waals surface area contributed by atoms with Crippen LogP contribution >= 0.6 is 0 Å². The van der Waals surface area contributed by atoms with Crippen molar-refractivity contribution in [2.24, 2.45) is 5.92 Å². The van der Waals surface area contributed by atoms with Crippen LogP contribution in [0.2, 0.25) is 0 Å². The van der Waals surface area contributed by atoms with E-state index in [-0.39, 0.29) is 23.0 Å². The first-order chi connectivity index (χ1) is 12.3. The predicted octanol–water partition coefficient (Wildman–Crippen LogP) is 1.35. The SMILES string of the molecule is COc1ccc(C(=O)OCC(=O)NC(=O)NCC(C)C)c(OC)c1OC. The van der Waals surface area contributed by atoms with Gasteiger partial charge in [0.1, 0.15) is 5.56 Å². The lowest BCUT2D eigenvalue weighted by molar-refractivity contribution is -0.123. The fourth-order valence-electron chi connectivity index (χ4n) is 1.97. The first-order valence-corrected chi connectivity index (χ1v) is 7.87. The Labute approximate surface area is 151 Å². The zero-order valence-corrected chi connectivity index (χ0v) is 15.5. The summed E-state index contributed by atoms with van der Waals surface area (Å²) < 4.78 is 20.4. The number of carbonyl (C=O) groups is 3. The molecular formula is C17H24N2O7. The number of urea groups is 1. The molecule has 1 rings (SSSR count). The van der Waals surface area contributed by atoms with Crippen molar-refractivity contribution in [2.45, 2.75) is 13.8 Å². The Morgan fingerprint density at radius 3 is 2.19 bits per heavy atom. The topological polar surface area (TPSA) is 112 Å². The van der Waals surface area contributed by atoms with Gasteiger partial charge in [-0.05, 0) is 18.1 Å². The van der Waals surface area contributed by atoms with Gasteiger partial charge in [0.25, 0.3) is 5.91 Å². The van der Waals surface area contributed by atoms with Gasteiger partial charge in [-0.1, -0.05) is 13.8 Å². The van der Waals surface area contributed by atoms with Crippen LogP contribution in [0.15, 0.2) is 12.1 Å². The average molecular weight is 368 g/mol. The summed E-state index contributed by atoms with van der Waals surface area (Å²) >= 11 is 0. The Kier molecular flexibility index (Phi) is 8.20. The van der Waals surface area contributed by atoms with E-state index in [1.807, 2.05) is 13.8 Å². The van der Waals surface area contributed by atoms with Gasteiger partial charge in [0.15, 0.2) is 18.1 Å². The van der Waals surface area contributed by atoms with E-state index in [9.17, 15) is 14.4 Å². The highest BCUT2D eigenvalue weighted by Crippen LogP contribution is 2.39. The number of amides is 3. The number of esters is 1. The lowest BCUT2D eigenvalue weighted by Gasteiger charge is -2.15. The summed E-state index contributed by atoms with van der Waals surface area (Å²) in [5.41, 5.74) is 0.0576. The van der Waals surface area contributed by atoms with Crippen molar-refractivity contribution in [1.82, 2.24) is 10.6 Å². The van der Waals surface area contributed by atoms with Crippen molar-refractivity contribution >= 4 is 17.9 Å². The molecule has 0 aliphatic carbocycles. The molecule has 0 aliphatic heterocycles. The maximum atomic E-state index is 12.2. The molecule has 9 heteroatoms. The van der Waals surface area contributed by atoms with Crippen molar-refractivity contribution < 1.29 is 33.3 Å². The van der Waals surface area contributed by atoms with Crippen molar-refractivity contribution in [2.75, 3.05) is 34.5 Å². The van der Waals surface area contributed by atoms with Crippen LogP contribution in [-0.4, -0.2) is 52.4 Å². The first kappa shape index (κ1) is 21.1. The van der Waals surface area contributed by atoms with Gasteiger partial charge in [-0.3, -0.25) is 10.1 Å². The predicted molar refractivity (Wildman–Crippen MR) is 92.8 cm³/mol. The van der Waals surface area contributed by atoms with Gasteiger partial charge < -0.3 is 24.3 Å². The zero-order valence-electron chi connectivity index (χ0n) is 15.5. The highest BCUT2D eigenvalue weighted by Gasteiger charge is 2.22. The molecule has 0 unspecified atom stereocenters. The molecule has 0 aromatic heterocycles. The molecule has 2 N–H and O–H groups in total. The van der Waals surface area contributed by atoms with E-state index in [0.717, 1.165) is 0 Å². The van der Waals surface area contributed by atoms with Gasteiger partial charge >= 0.3 is 12.0 Å². The van der Waals surface area contributed by atoms with Crippen LogP contribution in [0.5, 0.6) is 17.2 Å². The molecule has 1 aromatic rings. The number of nitrogens with one attached hydrogen (secondary N) is 2. The van der Waals surface area contributed by atoms with Crippen molar-refractivity contribution in [1.29, 1.82) is 0 Å². The fourth-order valence-corrected chi connectivity index (χ4v) is 1.97. The zero-order chi connectivity index (χ0) is 19.7. The molecule has 0 spiro atoms. The average Bonchev–Trinajstić information content (AvgIpc) is 2.62. The quantitative estimate of drug-likeness (QED) is 0.666. The Morgan fingerprint density at radius 1 is 1.00 bits per heavy atom. The van der Waals surface area contributed by atoms with Gasteiger partial charge in [-0.25, -0.2) is 9.59 Å². The molecule has 1 aromatic carbocycles. The maximum absolute atomic E-state index is 12.2. The molecule has 9 nitrogen and oxygen atoms in total. The van der Waals surface area contributed by atoms with Crippen LogP contribution in [0, 0.1) is 5.92 Å². The molecule has 0 heterocycles. The molecule has 0 saturated heterocycles. The van der Waals surface area contributed by atoms with Gasteiger partial charge in [-0.15, -0.1) is 0 Å². The maximum Gasteiger partial charge on any atom is 0.342 e. The minimum Gasteiger partial charge on any atom is -0.493 e. The second kappa shape index (κ2) is 10.1. The molecule has 144 valence electrons. The molecule has 0 radical (unpaired) electrons. The largest absolute Gasteiger partial charge is 0.493 e. The smallest absolute Gasteiger partial charge is 0.342 e. The number of methoxy groups -OCH3 is 3. The number of imide groups is 1. The number of hydrogen-bond donors (Lipinski definition) is 2. The second-order valence-electron chi connectivity index (χ2n) is 5.61. The summed E-state index contributed by atoms with van der Waals surface area (Å²) in [7, 11) is 4.21. The van der Waals surface area contributed by atoms with E-state index < -0.39 is 24.5 Å². The summed E-state index contributed by atoms with van der Waals surface area (Å²) in [5, 5.41) is 4.59. The van der Waals surface area contributed by atoms with Crippen molar-refractivity contribution in [3.63, 3.8) is 0 Å². The van der Waals surface area contributed by atoms with Gasteiger partial charge in [0, 0.05) is 6.54 Å². The molecule has 0 fully saturated rings. The van der Waals surface area contributed by atoms with E-state index in [4.69, 9.17) is 18.9 Å². The summed E-state index contributed by atoms with van der Waals surface area (Å²) in [6.07, 6.45) is 0. The molecule has 0 aliphatic rings. The third-order valence-corrected chi connectivity index (χ3v) is 3.18. The molecule has 26 heavy (non-hydrogen) atoms. The standard InChI is InChI=1S/C17H24N2O7/c1-10(2)8-18-17(22)19-13(20)9-26-16(21)11-6-7-12(23-3)15(25-5)14(11)24-4/h6-7,10H,8-9H2,1-5H3,(H2,18,19,20,22). The number of rotatable bonds is 8. The normalized spacial score (nSPS) is 10.1. The van der Waals surface area contributed by atoms with Gasteiger partial charge in [-0.2, -0.15) is 0 Å². The molecule has 0 bridgehead atoms. The lowest BCUT2D eigenvalue weighted by atomic mass is 10.1. The lowest BCUT2D eigenvalue weighted by Crippen LogP contribution is -2.42. The number of ether oxygens (including phenoxy) is 4. The highest BCUT2D eigenvalue weighted by molar-refractivity contribution is 5.98. The van der Waals surface area contributed by atoms with Crippen LogP contribution in [0.4, 0.5) is 4.79 Å². The minimum absolute atomic E-state index is 0.0576. The first-order valence-electron chi connectivity index (χ1n) is 7.87. The summed E-state index contributed by atoms with van der Waals surface area (Å²) in [4.78, 5) is 35.4.